The van der Waals surface area contributed by atoms with Crippen molar-refractivity contribution in [2.75, 3.05) is 18.4 Å². The maximum Gasteiger partial charge on any atom is 0.235 e. The number of carbonyl (C=O) groups is 2. The van der Waals surface area contributed by atoms with E-state index in [1.54, 1.807) is 0 Å². The fourth-order valence-corrected chi connectivity index (χ4v) is 5.58. The average Bonchev–Trinajstić information content (AvgIpc) is 3.00. The quantitative estimate of drug-likeness (QED) is 0.694. The molecule has 5 rings (SSSR count). The molecule has 2 saturated heterocycles. The van der Waals surface area contributed by atoms with E-state index in [0.717, 1.165) is 35.4 Å². The summed E-state index contributed by atoms with van der Waals surface area (Å²) in [5.74, 6) is -0.186. The van der Waals surface area contributed by atoms with Crippen molar-refractivity contribution >= 4 is 28.4 Å². The second kappa shape index (κ2) is 6.83. The lowest BCUT2D eigenvalue weighted by Crippen LogP contribution is -2.57. The van der Waals surface area contributed by atoms with Crippen molar-refractivity contribution in [1.29, 1.82) is 0 Å². The van der Waals surface area contributed by atoms with E-state index in [4.69, 9.17) is 5.10 Å². The molecule has 1 aromatic carbocycles. The zero-order valence-corrected chi connectivity index (χ0v) is 17.1. The third-order valence-corrected chi connectivity index (χ3v) is 7.23. The molecule has 3 aliphatic rings. The molecule has 29 heavy (non-hydrogen) atoms. The first-order chi connectivity index (χ1) is 14.0. The second-order valence-electron chi connectivity index (χ2n) is 9.29. The number of nitrogens with zero attached hydrogens (tertiary/aromatic N) is 2. The molecule has 3 fully saturated rings. The Labute approximate surface area is 170 Å². The Morgan fingerprint density at radius 2 is 2.07 bits per heavy atom. The number of aryl methyl sites for hydroxylation is 1. The summed E-state index contributed by atoms with van der Waals surface area (Å²) in [6, 6.07) is 6.62. The number of nitrogens with one attached hydrogen (secondary N) is 3. The highest BCUT2D eigenvalue weighted by atomic mass is 16.2. The SMILES string of the molecule is C[C@@H]1CC2(CC[C@@H]1Nc1cccc3c(C4CCC(=O)NC4=O)nn(C)c13)CNC2. The zero-order valence-electron chi connectivity index (χ0n) is 17.1. The summed E-state index contributed by atoms with van der Waals surface area (Å²) in [4.78, 5) is 23.9. The van der Waals surface area contributed by atoms with Gasteiger partial charge in [-0.05, 0) is 43.1 Å². The molecular formula is C22H29N5O2. The summed E-state index contributed by atoms with van der Waals surface area (Å²) in [7, 11) is 1.93. The molecule has 154 valence electrons. The van der Waals surface area contributed by atoms with Crippen LogP contribution in [0.1, 0.15) is 50.6 Å². The first-order valence-electron chi connectivity index (χ1n) is 10.7. The summed E-state index contributed by atoms with van der Waals surface area (Å²) in [6.45, 7) is 4.68. The molecule has 0 bridgehead atoms. The van der Waals surface area contributed by atoms with Gasteiger partial charge in [0.2, 0.25) is 11.8 Å². The van der Waals surface area contributed by atoms with Crippen molar-refractivity contribution in [1.82, 2.24) is 20.4 Å². The third-order valence-electron chi connectivity index (χ3n) is 7.23. The molecule has 7 heteroatoms. The minimum absolute atomic E-state index is 0.195. The maximum absolute atomic E-state index is 12.4. The number of piperidine rings is 1. The lowest BCUT2D eigenvalue weighted by molar-refractivity contribution is -0.134. The number of benzene rings is 1. The maximum atomic E-state index is 12.4. The van der Waals surface area contributed by atoms with Crippen LogP contribution in [0, 0.1) is 11.3 Å². The van der Waals surface area contributed by atoms with Crippen molar-refractivity contribution in [3.8, 4) is 0 Å². The van der Waals surface area contributed by atoms with Gasteiger partial charge in [-0.15, -0.1) is 0 Å². The van der Waals surface area contributed by atoms with Crippen LogP contribution in [0.2, 0.25) is 0 Å². The number of aromatic nitrogens is 2. The van der Waals surface area contributed by atoms with Crippen LogP contribution in [0.5, 0.6) is 0 Å². The van der Waals surface area contributed by atoms with Crippen LogP contribution in [0.4, 0.5) is 5.69 Å². The van der Waals surface area contributed by atoms with Gasteiger partial charge >= 0.3 is 0 Å². The van der Waals surface area contributed by atoms with E-state index >= 15 is 0 Å². The van der Waals surface area contributed by atoms with E-state index in [9.17, 15) is 9.59 Å². The predicted octanol–water partition coefficient (Wildman–Crippen LogP) is 2.28. The molecule has 2 amide bonds. The summed E-state index contributed by atoms with van der Waals surface area (Å²) >= 11 is 0. The van der Waals surface area contributed by atoms with Crippen molar-refractivity contribution in [2.45, 2.75) is 51.0 Å². The number of amides is 2. The number of imide groups is 1. The first kappa shape index (κ1) is 18.6. The highest BCUT2D eigenvalue weighted by molar-refractivity contribution is 6.03. The van der Waals surface area contributed by atoms with Gasteiger partial charge in [0, 0.05) is 38.0 Å². The van der Waals surface area contributed by atoms with E-state index < -0.39 is 0 Å². The number of para-hydroxylation sites is 1. The van der Waals surface area contributed by atoms with Crippen LogP contribution in [-0.2, 0) is 16.6 Å². The standard InChI is InChI=1S/C22H29N5O2/c1-13-10-22(11-23-12-22)9-8-16(13)24-17-5-3-4-14-19(26-27(2)20(14)17)15-6-7-18(28)25-21(15)29/h3-5,13,15-16,23-24H,6-12H2,1-2H3,(H,25,28,29)/t13-,15?,16+/m1/s1. The van der Waals surface area contributed by atoms with Crippen LogP contribution >= 0.6 is 0 Å². The summed E-state index contributed by atoms with van der Waals surface area (Å²) < 4.78 is 1.88. The monoisotopic (exact) mass is 395 g/mol. The Morgan fingerprint density at radius 3 is 2.76 bits per heavy atom. The van der Waals surface area contributed by atoms with Crippen LogP contribution < -0.4 is 16.0 Å². The molecule has 1 spiro atoms. The van der Waals surface area contributed by atoms with Gasteiger partial charge in [-0.2, -0.15) is 5.10 Å². The van der Waals surface area contributed by atoms with Gasteiger partial charge in [-0.25, -0.2) is 0 Å². The average molecular weight is 396 g/mol. The molecule has 7 nitrogen and oxygen atoms in total. The number of hydrogen-bond acceptors (Lipinski definition) is 5. The molecule has 3 atom stereocenters. The number of carbonyl (C=O) groups excluding carboxylic acids is 2. The molecule has 3 heterocycles. The Balaban J connectivity index is 1.43. The summed E-state index contributed by atoms with van der Waals surface area (Å²) in [5.41, 5.74) is 3.41. The summed E-state index contributed by atoms with van der Waals surface area (Å²) in [6.07, 6.45) is 4.59. The molecule has 1 unspecified atom stereocenters. The lowest BCUT2D eigenvalue weighted by Gasteiger charge is -2.50. The van der Waals surface area contributed by atoms with E-state index in [2.05, 4.69) is 28.9 Å². The van der Waals surface area contributed by atoms with Gasteiger partial charge in [0.05, 0.1) is 22.8 Å². The van der Waals surface area contributed by atoms with Crippen molar-refractivity contribution in [2.24, 2.45) is 18.4 Å². The molecule has 1 saturated carbocycles. The van der Waals surface area contributed by atoms with E-state index in [-0.39, 0.29) is 17.7 Å². The summed E-state index contributed by atoms with van der Waals surface area (Å²) in [5, 5.41) is 15.4. The predicted molar refractivity (Wildman–Crippen MR) is 112 cm³/mol. The minimum atomic E-state index is -0.369. The fourth-order valence-electron chi connectivity index (χ4n) is 5.58. The normalized spacial score (nSPS) is 29.0. The molecule has 3 N–H and O–H groups in total. The van der Waals surface area contributed by atoms with Gasteiger partial charge in [0.1, 0.15) is 0 Å². The Bertz CT molecular complexity index is 977. The highest BCUT2D eigenvalue weighted by Crippen LogP contribution is 2.43. The molecule has 1 aliphatic carbocycles. The van der Waals surface area contributed by atoms with E-state index in [1.807, 2.05) is 23.9 Å². The number of fused-ring (bicyclic) bond motifs is 1. The minimum Gasteiger partial charge on any atom is -0.380 e. The molecule has 0 radical (unpaired) electrons. The van der Waals surface area contributed by atoms with Crippen LogP contribution in [0.3, 0.4) is 0 Å². The van der Waals surface area contributed by atoms with Gasteiger partial charge < -0.3 is 10.6 Å². The topological polar surface area (TPSA) is 88.1 Å². The second-order valence-corrected chi connectivity index (χ2v) is 9.29. The van der Waals surface area contributed by atoms with E-state index in [0.29, 0.717) is 30.2 Å². The van der Waals surface area contributed by atoms with Gasteiger partial charge in [-0.1, -0.05) is 19.1 Å². The van der Waals surface area contributed by atoms with Crippen LogP contribution in [0.25, 0.3) is 10.9 Å². The van der Waals surface area contributed by atoms with Gasteiger partial charge in [0.25, 0.3) is 0 Å². The van der Waals surface area contributed by atoms with Crippen molar-refractivity contribution < 1.29 is 9.59 Å². The first-order valence-corrected chi connectivity index (χ1v) is 10.7. The smallest absolute Gasteiger partial charge is 0.235 e. The number of rotatable bonds is 3. The Kier molecular flexibility index (Phi) is 4.38. The number of anilines is 1. The Morgan fingerprint density at radius 1 is 1.24 bits per heavy atom. The lowest BCUT2D eigenvalue weighted by atomic mass is 9.65. The number of hydrogen-bond donors (Lipinski definition) is 3. The van der Waals surface area contributed by atoms with Crippen molar-refractivity contribution in [3.63, 3.8) is 0 Å². The highest BCUT2D eigenvalue weighted by Gasteiger charge is 2.43. The molecule has 1 aromatic heterocycles. The van der Waals surface area contributed by atoms with Crippen molar-refractivity contribution in [3.05, 3.63) is 23.9 Å². The van der Waals surface area contributed by atoms with Crippen LogP contribution in [0.15, 0.2) is 18.2 Å². The Hall–Kier alpha value is -2.41. The van der Waals surface area contributed by atoms with Crippen LogP contribution in [-0.4, -0.2) is 40.7 Å². The third kappa shape index (κ3) is 3.12. The largest absolute Gasteiger partial charge is 0.380 e. The van der Waals surface area contributed by atoms with Gasteiger partial charge in [-0.3, -0.25) is 19.6 Å². The fraction of sp³-hybridized carbons (Fsp3) is 0.591. The zero-order chi connectivity index (χ0) is 20.2. The molecule has 2 aliphatic heterocycles. The van der Waals surface area contributed by atoms with E-state index in [1.165, 1.54) is 19.3 Å². The molecular weight excluding hydrogens is 366 g/mol. The molecule has 2 aromatic rings. The van der Waals surface area contributed by atoms with Gasteiger partial charge in [0.15, 0.2) is 0 Å².